The first kappa shape index (κ1) is 20.6. The predicted octanol–water partition coefficient (Wildman–Crippen LogP) is 2.32. The molecule has 0 atom stereocenters. The van der Waals surface area contributed by atoms with Gasteiger partial charge >= 0.3 is 0 Å². The van der Waals surface area contributed by atoms with Gasteiger partial charge in [0.05, 0.1) is 11.3 Å². The maximum Gasteiger partial charge on any atom is 0.253 e. The largest absolute Gasteiger partial charge is 0.360 e. The van der Waals surface area contributed by atoms with Crippen LogP contribution >= 0.6 is 0 Å². The van der Waals surface area contributed by atoms with Crippen molar-refractivity contribution in [1.29, 1.82) is 0 Å². The monoisotopic (exact) mass is 408 g/mol. The molecule has 28 heavy (non-hydrogen) atoms. The molecule has 8 nitrogen and oxygen atoms in total. The van der Waals surface area contributed by atoms with Crippen molar-refractivity contribution in [2.24, 2.45) is 0 Å². The number of hydrogen-bond donors (Lipinski definition) is 1. The third-order valence-electron chi connectivity index (χ3n) is 5.16. The number of rotatable bonds is 6. The van der Waals surface area contributed by atoms with Crippen molar-refractivity contribution in [3.05, 3.63) is 34.8 Å². The second kappa shape index (κ2) is 8.08. The van der Waals surface area contributed by atoms with Gasteiger partial charge in [-0.2, -0.15) is 0 Å². The maximum atomic E-state index is 12.8. The van der Waals surface area contributed by atoms with Crippen LogP contribution in [0, 0.1) is 20.8 Å². The molecule has 1 saturated heterocycles. The molecule has 0 radical (unpaired) electrons. The van der Waals surface area contributed by atoms with E-state index in [2.05, 4.69) is 10.5 Å². The lowest BCUT2D eigenvalue weighted by Gasteiger charge is -2.31. The topological polar surface area (TPSA) is 97.4 Å². The molecule has 1 N–H and O–H groups in total. The van der Waals surface area contributed by atoms with Crippen LogP contribution in [0.3, 0.4) is 0 Å². The highest BCUT2D eigenvalue weighted by molar-refractivity contribution is 7.89. The van der Waals surface area contributed by atoms with E-state index in [-0.39, 0.29) is 17.7 Å². The minimum atomic E-state index is -3.17. The lowest BCUT2D eigenvalue weighted by Crippen LogP contribution is -2.47. The average Bonchev–Trinajstić information content (AvgIpc) is 3.18. The molecule has 0 unspecified atom stereocenters. The van der Waals surface area contributed by atoms with Crippen molar-refractivity contribution in [1.82, 2.24) is 19.3 Å². The molecule has 0 bridgehead atoms. The Morgan fingerprint density at radius 3 is 2.50 bits per heavy atom. The molecule has 1 amide bonds. The molecule has 2 aromatic heterocycles. The maximum absolute atomic E-state index is 12.8. The highest BCUT2D eigenvalue weighted by Gasteiger charge is 2.29. The average molecular weight is 409 g/mol. The van der Waals surface area contributed by atoms with Crippen molar-refractivity contribution in [2.45, 2.75) is 53.0 Å². The molecule has 9 heteroatoms. The van der Waals surface area contributed by atoms with Crippen LogP contribution < -0.4 is 5.32 Å². The van der Waals surface area contributed by atoms with Gasteiger partial charge in [0.25, 0.3) is 5.91 Å². The summed E-state index contributed by atoms with van der Waals surface area (Å²) in [6.07, 6.45) is 1.85. The van der Waals surface area contributed by atoms with Crippen LogP contribution in [-0.2, 0) is 10.0 Å². The number of piperidine rings is 1. The van der Waals surface area contributed by atoms with Gasteiger partial charge in [-0.25, -0.2) is 12.7 Å². The summed E-state index contributed by atoms with van der Waals surface area (Å²) in [4.78, 5) is 12.8. The molecule has 1 aliphatic heterocycles. The molecular formula is C19H28N4O4S. The number of amides is 1. The van der Waals surface area contributed by atoms with E-state index in [1.54, 1.807) is 0 Å². The van der Waals surface area contributed by atoms with Crippen molar-refractivity contribution in [3.63, 3.8) is 0 Å². The molecule has 2 aromatic rings. The minimum Gasteiger partial charge on any atom is -0.360 e. The minimum absolute atomic E-state index is 0.0297. The van der Waals surface area contributed by atoms with Gasteiger partial charge in [-0.05, 0) is 46.1 Å². The van der Waals surface area contributed by atoms with E-state index in [1.165, 1.54) is 4.31 Å². The second-order valence-electron chi connectivity index (χ2n) is 7.38. The summed E-state index contributed by atoms with van der Waals surface area (Å²) in [6.45, 7) is 8.39. The van der Waals surface area contributed by atoms with Crippen LogP contribution in [0.15, 0.2) is 16.7 Å². The van der Waals surface area contributed by atoms with Gasteiger partial charge in [-0.15, -0.1) is 0 Å². The first-order valence-corrected chi connectivity index (χ1v) is 11.2. The van der Waals surface area contributed by atoms with Gasteiger partial charge in [0, 0.05) is 36.6 Å². The Hall–Kier alpha value is -2.13. The van der Waals surface area contributed by atoms with Gasteiger partial charge in [0.1, 0.15) is 5.76 Å². The normalized spacial score (nSPS) is 16.4. The number of nitrogens with zero attached hydrogens (tertiary/aromatic N) is 3. The third-order valence-corrected chi connectivity index (χ3v) is 7.24. The van der Waals surface area contributed by atoms with Gasteiger partial charge in [0.15, 0.2) is 5.82 Å². The van der Waals surface area contributed by atoms with E-state index in [0.29, 0.717) is 49.5 Å². The summed E-state index contributed by atoms with van der Waals surface area (Å²) in [5.74, 6) is 1.39. The molecule has 3 heterocycles. The van der Waals surface area contributed by atoms with Crippen molar-refractivity contribution in [3.8, 4) is 5.82 Å². The van der Waals surface area contributed by atoms with Gasteiger partial charge in [-0.3, -0.25) is 9.36 Å². The van der Waals surface area contributed by atoms with Crippen LogP contribution in [-0.4, -0.2) is 53.2 Å². The summed E-state index contributed by atoms with van der Waals surface area (Å²) in [5, 5.41) is 7.10. The molecule has 1 fully saturated rings. The van der Waals surface area contributed by atoms with E-state index < -0.39 is 10.0 Å². The Morgan fingerprint density at radius 2 is 1.93 bits per heavy atom. The Balaban J connectivity index is 1.67. The fraction of sp³-hybridized carbons (Fsp3) is 0.579. The van der Waals surface area contributed by atoms with Crippen LogP contribution in [0.5, 0.6) is 0 Å². The molecule has 1 aliphatic rings. The summed E-state index contributed by atoms with van der Waals surface area (Å²) in [6, 6.07) is 3.64. The highest BCUT2D eigenvalue weighted by atomic mass is 32.2. The molecule has 154 valence electrons. The number of nitrogens with one attached hydrogen (secondary N) is 1. The number of carbonyl (C=O) groups is 1. The molecule has 0 saturated carbocycles. The fourth-order valence-corrected chi connectivity index (χ4v) is 5.27. The Bertz CT molecular complexity index is 953. The first-order valence-electron chi connectivity index (χ1n) is 9.64. The second-order valence-corrected chi connectivity index (χ2v) is 9.47. The van der Waals surface area contributed by atoms with Gasteiger partial charge in [-0.1, -0.05) is 12.1 Å². The predicted molar refractivity (Wildman–Crippen MR) is 106 cm³/mol. The highest BCUT2D eigenvalue weighted by Crippen LogP contribution is 2.22. The lowest BCUT2D eigenvalue weighted by atomic mass is 10.1. The fourth-order valence-electron chi connectivity index (χ4n) is 3.73. The standard InChI is InChI=1S/C19H28N4O4S/c1-5-10-28(25,26)22-8-6-16(7-9-22)20-19(24)17-11-13(2)23(15(17)4)18-12-14(3)27-21-18/h11-12,16H,5-10H2,1-4H3,(H,20,24). The quantitative estimate of drug-likeness (QED) is 0.791. The van der Waals surface area contributed by atoms with E-state index in [4.69, 9.17) is 4.52 Å². The van der Waals surface area contributed by atoms with Crippen molar-refractivity contribution < 1.29 is 17.7 Å². The van der Waals surface area contributed by atoms with Crippen LogP contribution in [0.2, 0.25) is 0 Å². The summed E-state index contributed by atoms with van der Waals surface area (Å²) in [5.41, 5.74) is 2.29. The van der Waals surface area contributed by atoms with Crippen LogP contribution in [0.25, 0.3) is 5.82 Å². The molecular weight excluding hydrogens is 380 g/mol. The Labute approximate surface area is 165 Å². The number of hydrogen-bond acceptors (Lipinski definition) is 5. The van der Waals surface area contributed by atoms with E-state index in [1.807, 2.05) is 44.4 Å². The lowest BCUT2D eigenvalue weighted by molar-refractivity contribution is 0.0923. The Kier molecular flexibility index (Phi) is 5.95. The van der Waals surface area contributed by atoms with Crippen LogP contribution in [0.4, 0.5) is 0 Å². The molecule has 3 rings (SSSR count). The summed E-state index contributed by atoms with van der Waals surface area (Å²) < 4.78 is 32.9. The SMILES string of the molecule is CCCS(=O)(=O)N1CCC(NC(=O)c2cc(C)n(-c3cc(C)on3)c2C)CC1. The van der Waals surface area contributed by atoms with E-state index in [0.717, 1.165) is 11.4 Å². The van der Waals surface area contributed by atoms with E-state index in [9.17, 15) is 13.2 Å². The summed E-state index contributed by atoms with van der Waals surface area (Å²) >= 11 is 0. The number of aromatic nitrogens is 2. The molecule has 0 spiro atoms. The van der Waals surface area contributed by atoms with Gasteiger partial charge < -0.3 is 9.84 Å². The zero-order chi connectivity index (χ0) is 20.5. The summed E-state index contributed by atoms with van der Waals surface area (Å²) in [7, 11) is -3.17. The zero-order valence-corrected chi connectivity index (χ0v) is 17.7. The first-order chi connectivity index (χ1) is 13.2. The molecule has 0 aliphatic carbocycles. The number of carbonyl (C=O) groups excluding carboxylic acids is 1. The van der Waals surface area contributed by atoms with Crippen molar-refractivity contribution in [2.75, 3.05) is 18.8 Å². The smallest absolute Gasteiger partial charge is 0.253 e. The number of sulfonamides is 1. The van der Waals surface area contributed by atoms with Crippen LogP contribution in [0.1, 0.15) is 53.7 Å². The van der Waals surface area contributed by atoms with E-state index >= 15 is 0 Å². The van der Waals surface area contributed by atoms with Gasteiger partial charge in [0.2, 0.25) is 10.0 Å². The number of aryl methyl sites for hydroxylation is 2. The Morgan fingerprint density at radius 1 is 1.25 bits per heavy atom. The molecule has 0 aromatic carbocycles. The zero-order valence-electron chi connectivity index (χ0n) is 16.9. The third kappa shape index (κ3) is 4.15. The van der Waals surface area contributed by atoms with Crippen molar-refractivity contribution >= 4 is 15.9 Å².